The van der Waals surface area contributed by atoms with Crippen LogP contribution in [0.15, 0.2) is 72.5 Å². The minimum Gasteiger partial charge on any atom is -0.512 e. The summed E-state index contributed by atoms with van der Waals surface area (Å²) in [5, 5.41) is 10.8. The molecule has 1 unspecified atom stereocenters. The van der Waals surface area contributed by atoms with Crippen molar-refractivity contribution < 1.29 is 42.6 Å². The molecule has 0 bridgehead atoms. The fourth-order valence-corrected chi connectivity index (χ4v) is 6.36. The number of methoxy groups -OCH3 is 2. The number of allylic oxidation sites excluding steroid dienone is 2. The summed E-state index contributed by atoms with van der Waals surface area (Å²) < 4.78 is 35.9. The lowest BCUT2D eigenvalue weighted by atomic mass is 9.72. The number of rotatable bonds is 9. The van der Waals surface area contributed by atoms with Crippen LogP contribution in [0.3, 0.4) is 0 Å². The largest absolute Gasteiger partial charge is 0.512 e. The third kappa shape index (κ3) is 5.97. The van der Waals surface area contributed by atoms with E-state index in [4.69, 9.17) is 18.5 Å². The van der Waals surface area contributed by atoms with E-state index in [9.17, 15) is 24.1 Å². The van der Waals surface area contributed by atoms with Gasteiger partial charge < -0.3 is 23.6 Å². The van der Waals surface area contributed by atoms with Gasteiger partial charge >= 0.3 is 19.5 Å². The Labute approximate surface area is 209 Å². The molecule has 9 nitrogen and oxygen atoms in total. The molecule has 0 amide bonds. The summed E-state index contributed by atoms with van der Waals surface area (Å²) in [6.07, 6.45) is 1.40. The Morgan fingerprint density at radius 3 is 1.81 bits per heavy atom. The first kappa shape index (κ1) is 27.0. The molecule has 0 fully saturated rings. The lowest BCUT2D eigenvalue weighted by Gasteiger charge is -2.36. The van der Waals surface area contributed by atoms with Crippen molar-refractivity contribution in [1.82, 2.24) is 0 Å². The van der Waals surface area contributed by atoms with Gasteiger partial charge in [-0.25, -0.2) is 4.57 Å². The number of Topliss-reactive ketones (excluding diaryl/α,β-unsaturated/α-hetero) is 1. The normalized spacial score (nSPS) is 18.8. The van der Waals surface area contributed by atoms with Gasteiger partial charge in [0.05, 0.1) is 20.1 Å². The molecule has 2 aromatic rings. The van der Waals surface area contributed by atoms with Crippen molar-refractivity contribution in [2.24, 2.45) is 17.3 Å². The van der Waals surface area contributed by atoms with Crippen LogP contribution in [0.2, 0.25) is 0 Å². The van der Waals surface area contributed by atoms with Crippen LogP contribution in [0.4, 0.5) is 0 Å². The Kier molecular flexibility index (Phi) is 8.25. The molecular weight excluding hydrogens is 487 g/mol. The van der Waals surface area contributed by atoms with Gasteiger partial charge in [-0.15, -0.1) is 0 Å². The Bertz CT molecular complexity index is 1130. The fourth-order valence-electron chi connectivity index (χ4n) is 4.21. The number of hydrogen-bond donors (Lipinski definition) is 1. The van der Waals surface area contributed by atoms with E-state index >= 15 is 0 Å². The minimum absolute atomic E-state index is 0.0352. The van der Waals surface area contributed by atoms with Gasteiger partial charge in [0.2, 0.25) is 0 Å². The first-order chi connectivity index (χ1) is 17.0. The maximum Gasteiger partial charge on any atom is 0.445 e. The molecule has 2 aromatic carbocycles. The highest BCUT2D eigenvalue weighted by Gasteiger charge is 2.59. The van der Waals surface area contributed by atoms with Crippen LogP contribution in [0.1, 0.15) is 20.3 Å². The van der Waals surface area contributed by atoms with Gasteiger partial charge in [0.1, 0.15) is 29.0 Å². The molecule has 3 atom stereocenters. The SMILES string of the molecule is COC(=O)[C@H]([C@@H](C(=O)OC)C1C(=O)CC(C)(C)C=C1O)P(=O)(Oc1ccccc1)Oc1ccccc1. The molecule has 3 rings (SSSR count). The predicted octanol–water partition coefficient (Wildman–Crippen LogP) is 4.73. The van der Waals surface area contributed by atoms with Crippen molar-refractivity contribution in [1.29, 1.82) is 0 Å². The van der Waals surface area contributed by atoms with Crippen LogP contribution >= 0.6 is 7.60 Å². The maximum atomic E-state index is 14.5. The van der Waals surface area contributed by atoms with E-state index < -0.39 is 54.0 Å². The van der Waals surface area contributed by atoms with Crippen molar-refractivity contribution >= 4 is 25.3 Å². The van der Waals surface area contributed by atoms with Crippen LogP contribution in [0, 0.1) is 17.3 Å². The van der Waals surface area contributed by atoms with Gasteiger partial charge in [0.15, 0.2) is 5.66 Å². The Morgan fingerprint density at radius 1 is 0.917 bits per heavy atom. The first-order valence-electron chi connectivity index (χ1n) is 11.2. The lowest BCUT2D eigenvalue weighted by molar-refractivity contribution is -0.155. The van der Waals surface area contributed by atoms with Gasteiger partial charge in [-0.1, -0.05) is 50.2 Å². The number of ether oxygens (including phenoxy) is 2. The number of para-hydroxylation sites is 2. The summed E-state index contributed by atoms with van der Waals surface area (Å²) in [4.78, 5) is 39.5. The average molecular weight is 516 g/mol. The quantitative estimate of drug-likeness (QED) is 0.372. The average Bonchev–Trinajstić information content (AvgIpc) is 2.82. The first-order valence-corrected chi connectivity index (χ1v) is 12.8. The van der Waals surface area contributed by atoms with Crippen LogP contribution in [-0.4, -0.2) is 42.7 Å². The number of esters is 2. The number of hydrogen-bond acceptors (Lipinski definition) is 9. The zero-order chi connectivity index (χ0) is 26.5. The zero-order valence-electron chi connectivity index (χ0n) is 20.5. The van der Waals surface area contributed by atoms with Crippen LogP contribution < -0.4 is 9.05 Å². The molecular formula is C26H29O9P. The highest BCUT2D eigenvalue weighted by Crippen LogP contribution is 2.58. The molecule has 192 valence electrons. The minimum atomic E-state index is -4.69. The van der Waals surface area contributed by atoms with Gasteiger partial charge in [-0.3, -0.25) is 14.4 Å². The van der Waals surface area contributed by atoms with Crippen molar-refractivity contribution in [3.8, 4) is 11.5 Å². The Morgan fingerprint density at radius 2 is 1.39 bits per heavy atom. The van der Waals surface area contributed by atoms with E-state index in [1.807, 2.05) is 0 Å². The molecule has 10 heteroatoms. The molecule has 0 aliphatic heterocycles. The summed E-state index contributed by atoms with van der Waals surface area (Å²) in [5.74, 6) is -6.28. The molecule has 0 saturated heterocycles. The second-order valence-corrected chi connectivity index (χ2v) is 11.0. The van der Waals surface area contributed by atoms with Crippen molar-refractivity contribution in [3.63, 3.8) is 0 Å². The molecule has 1 aliphatic carbocycles. The zero-order valence-corrected chi connectivity index (χ0v) is 21.3. The molecule has 0 aromatic heterocycles. The standard InChI is InChI=1S/C26H29O9P/c1-26(2)15-19(27)21(20(28)16-26)22(24(29)32-3)23(25(30)33-4)36(31,34-17-11-7-5-8-12-17)35-18-13-9-6-10-14-18/h5-15,21-23,27H,16H2,1-4H3/t21?,22-,23-/m0/s1. The second-order valence-electron chi connectivity index (χ2n) is 9.04. The van der Waals surface area contributed by atoms with E-state index in [1.54, 1.807) is 50.2 Å². The maximum absolute atomic E-state index is 14.5. The molecule has 0 heterocycles. The molecule has 1 aliphatic rings. The van der Waals surface area contributed by atoms with Gasteiger partial charge in [0, 0.05) is 6.42 Å². The molecule has 1 N–H and O–H groups in total. The van der Waals surface area contributed by atoms with Crippen molar-refractivity contribution in [2.45, 2.75) is 25.9 Å². The summed E-state index contributed by atoms with van der Waals surface area (Å²) in [6.45, 7) is 3.48. The fraction of sp³-hybridized carbons (Fsp3) is 0.346. The number of ketones is 1. The summed E-state index contributed by atoms with van der Waals surface area (Å²) in [7, 11) is -2.59. The van der Waals surface area contributed by atoms with E-state index in [0.29, 0.717) is 0 Å². The number of benzene rings is 2. The highest BCUT2D eigenvalue weighted by atomic mass is 31.2. The van der Waals surface area contributed by atoms with Gasteiger partial charge in [-0.2, -0.15) is 0 Å². The topological polar surface area (TPSA) is 125 Å². The van der Waals surface area contributed by atoms with Crippen molar-refractivity contribution in [3.05, 3.63) is 72.5 Å². The monoisotopic (exact) mass is 516 g/mol. The van der Waals surface area contributed by atoms with Crippen LogP contribution in [0.25, 0.3) is 0 Å². The lowest BCUT2D eigenvalue weighted by Crippen LogP contribution is -2.47. The number of carbonyl (C=O) groups excluding carboxylic acids is 3. The predicted molar refractivity (Wildman–Crippen MR) is 131 cm³/mol. The van der Waals surface area contributed by atoms with Gasteiger partial charge in [-0.05, 0) is 35.8 Å². The number of aliphatic hydroxyl groups excluding tert-OH is 1. The van der Waals surface area contributed by atoms with Crippen LogP contribution in [-0.2, 0) is 28.4 Å². The van der Waals surface area contributed by atoms with E-state index in [2.05, 4.69) is 0 Å². The molecule has 0 saturated carbocycles. The highest BCUT2D eigenvalue weighted by molar-refractivity contribution is 7.56. The van der Waals surface area contributed by atoms with E-state index in [1.165, 1.54) is 30.3 Å². The summed E-state index contributed by atoms with van der Waals surface area (Å²) >= 11 is 0. The molecule has 36 heavy (non-hydrogen) atoms. The van der Waals surface area contributed by atoms with E-state index in [-0.39, 0.29) is 17.9 Å². The van der Waals surface area contributed by atoms with Gasteiger partial charge in [0.25, 0.3) is 0 Å². The second kappa shape index (κ2) is 11.0. The Hall–Kier alpha value is -3.58. The third-order valence-electron chi connectivity index (χ3n) is 5.74. The number of carbonyl (C=O) groups is 3. The third-order valence-corrected chi connectivity index (χ3v) is 7.89. The summed E-state index contributed by atoms with van der Waals surface area (Å²) in [5.41, 5.74) is -2.65. The molecule has 0 spiro atoms. The Balaban J connectivity index is 2.22. The number of aliphatic hydroxyl groups is 1. The smallest absolute Gasteiger partial charge is 0.445 e. The summed E-state index contributed by atoms with van der Waals surface area (Å²) in [6, 6.07) is 15.9. The van der Waals surface area contributed by atoms with E-state index in [0.717, 1.165) is 14.2 Å². The van der Waals surface area contributed by atoms with Crippen molar-refractivity contribution in [2.75, 3.05) is 14.2 Å². The molecule has 0 radical (unpaired) electrons. The van der Waals surface area contributed by atoms with Crippen LogP contribution in [0.5, 0.6) is 11.5 Å².